The number of ether oxygens (including phenoxy) is 1. The zero-order chi connectivity index (χ0) is 55.0. The van der Waals surface area contributed by atoms with Crippen molar-refractivity contribution < 1.29 is 37.5 Å². The molecule has 2 aliphatic heterocycles. The van der Waals surface area contributed by atoms with E-state index in [1.54, 1.807) is 35.4 Å². The number of piperidine rings is 2. The summed E-state index contributed by atoms with van der Waals surface area (Å²) < 4.78 is 37.4. The molecule has 2 aliphatic rings. The van der Waals surface area contributed by atoms with Gasteiger partial charge in [-0.15, -0.1) is 0 Å². The molecular formula is C57H70F2N8O8. The second-order valence-corrected chi connectivity index (χ2v) is 20.5. The molecule has 0 aliphatic carbocycles. The maximum Gasteiger partial charge on any atom is 0.410 e. The summed E-state index contributed by atoms with van der Waals surface area (Å²) in [6, 6.07) is 23.6. The third-order valence-corrected chi connectivity index (χ3v) is 13.7. The summed E-state index contributed by atoms with van der Waals surface area (Å²) >= 11 is 0. The van der Waals surface area contributed by atoms with Gasteiger partial charge in [0.25, 0.3) is 11.1 Å². The lowest BCUT2D eigenvalue weighted by Gasteiger charge is -2.42. The van der Waals surface area contributed by atoms with Crippen LogP contribution in [0.3, 0.4) is 0 Å². The van der Waals surface area contributed by atoms with E-state index in [-0.39, 0.29) is 53.2 Å². The fourth-order valence-corrected chi connectivity index (χ4v) is 9.61. The van der Waals surface area contributed by atoms with E-state index in [9.17, 15) is 23.2 Å². The van der Waals surface area contributed by atoms with E-state index >= 15 is 0 Å². The number of rotatable bonds is 12. The van der Waals surface area contributed by atoms with Crippen LogP contribution in [0.4, 0.5) is 13.6 Å². The normalized spacial score (nSPS) is 17.7. The summed E-state index contributed by atoms with van der Waals surface area (Å²) in [6.45, 7) is 23.0. The molecule has 4 atom stereocenters. The van der Waals surface area contributed by atoms with Gasteiger partial charge in [-0.2, -0.15) is 19.2 Å². The molecule has 0 radical (unpaired) electrons. The van der Waals surface area contributed by atoms with Gasteiger partial charge in [-0.3, -0.25) is 19.4 Å². The topological polar surface area (TPSA) is 186 Å². The summed E-state index contributed by atoms with van der Waals surface area (Å²) in [6.07, 6.45) is 6.55. The van der Waals surface area contributed by atoms with Crippen LogP contribution in [0, 0.1) is 39.3 Å². The number of nitrogens with one attached hydrogen (secondary N) is 1. The van der Waals surface area contributed by atoms with Crippen LogP contribution in [0.25, 0.3) is 22.1 Å². The van der Waals surface area contributed by atoms with E-state index < -0.39 is 5.60 Å². The summed E-state index contributed by atoms with van der Waals surface area (Å²) in [5.74, 6) is -0.416. The number of likely N-dealkylation sites (tertiary alicyclic amines) is 2. The van der Waals surface area contributed by atoms with E-state index in [1.165, 1.54) is 18.5 Å². The number of aryl methyl sites for hydroxylation is 4. The zero-order valence-electron chi connectivity index (χ0n) is 44.5. The average molecular weight is 1030 g/mol. The fraction of sp³-hybridized carbons (Fsp3) is 0.456. The average Bonchev–Trinajstić information content (AvgIpc) is 3.35. The Labute approximate surface area is 436 Å². The molecule has 4 heterocycles. The molecule has 1 N–H and O–H groups in total. The van der Waals surface area contributed by atoms with Crippen molar-refractivity contribution >= 4 is 40.5 Å². The fourth-order valence-electron chi connectivity index (χ4n) is 9.61. The minimum atomic E-state index is -0.626. The van der Waals surface area contributed by atoms with Crippen LogP contribution in [-0.2, 0) is 50.1 Å². The van der Waals surface area contributed by atoms with Crippen LogP contribution < -0.4 is 16.4 Å². The molecule has 0 saturated carbocycles. The van der Waals surface area contributed by atoms with Gasteiger partial charge in [0, 0.05) is 70.0 Å². The Morgan fingerprint density at radius 2 is 1.15 bits per heavy atom. The Kier molecular flexibility index (Phi) is 21.5. The first-order valence-corrected chi connectivity index (χ1v) is 25.3. The molecule has 8 rings (SSSR count). The van der Waals surface area contributed by atoms with Crippen molar-refractivity contribution in [2.24, 2.45) is 0 Å². The van der Waals surface area contributed by atoms with Gasteiger partial charge < -0.3 is 24.1 Å². The summed E-state index contributed by atoms with van der Waals surface area (Å²) in [5, 5.41) is 3.59. The minimum Gasteiger partial charge on any atom is -0.444 e. The van der Waals surface area contributed by atoms with Crippen molar-refractivity contribution in [1.29, 1.82) is 0 Å². The molecule has 16 nitrogen and oxygen atoms in total. The third kappa shape index (κ3) is 17.0. The first-order valence-electron chi connectivity index (χ1n) is 25.3. The summed E-state index contributed by atoms with van der Waals surface area (Å²) in [7, 11) is 0. The van der Waals surface area contributed by atoms with E-state index in [0.29, 0.717) is 49.4 Å². The highest BCUT2D eigenvalue weighted by atomic mass is 19.1. The molecule has 75 heavy (non-hydrogen) atoms. The molecule has 2 aromatic heterocycles. The Balaban J connectivity index is 0.000000255. The van der Waals surface area contributed by atoms with Crippen molar-refractivity contribution in [3.8, 4) is 0 Å². The number of nitrogens with zero attached hydrogens (tertiary/aromatic N) is 7. The number of carbonyl (C=O) groups is 1. The molecule has 1 amide bonds. The largest absolute Gasteiger partial charge is 0.444 e. The minimum absolute atomic E-state index is 0.0346. The van der Waals surface area contributed by atoms with Crippen molar-refractivity contribution in [3.63, 3.8) is 0 Å². The van der Waals surface area contributed by atoms with Gasteiger partial charge in [0.2, 0.25) is 0 Å². The van der Waals surface area contributed by atoms with E-state index in [2.05, 4.69) is 38.9 Å². The molecule has 4 aromatic carbocycles. The van der Waals surface area contributed by atoms with Crippen LogP contribution in [0.5, 0.6) is 0 Å². The van der Waals surface area contributed by atoms with Crippen molar-refractivity contribution in [1.82, 2.24) is 39.1 Å². The van der Waals surface area contributed by atoms with Gasteiger partial charge in [-0.05, 0) is 164 Å². The number of hydrogen-bond acceptors (Lipinski definition) is 13. The van der Waals surface area contributed by atoms with E-state index in [1.807, 2.05) is 93.8 Å². The van der Waals surface area contributed by atoms with Crippen molar-refractivity contribution in [3.05, 3.63) is 151 Å². The molecule has 0 spiro atoms. The van der Waals surface area contributed by atoms with Gasteiger partial charge in [0.15, 0.2) is 0 Å². The lowest BCUT2D eigenvalue weighted by molar-refractivity contribution is -0.193. The van der Waals surface area contributed by atoms with Crippen LogP contribution in [0.2, 0.25) is 0 Å². The summed E-state index contributed by atoms with van der Waals surface area (Å²) in [5.41, 5.74) is 7.84. The quantitative estimate of drug-likeness (QED) is 0.124. The smallest absolute Gasteiger partial charge is 0.410 e. The summed E-state index contributed by atoms with van der Waals surface area (Å²) in [4.78, 5) is 86.0. The van der Waals surface area contributed by atoms with Crippen molar-refractivity contribution in [2.45, 2.75) is 144 Å². The van der Waals surface area contributed by atoms with Crippen LogP contribution in [0.15, 0.2) is 94.8 Å². The number of hydrogen-bond donors (Lipinski definition) is 1. The molecule has 6 aromatic rings. The highest BCUT2D eigenvalue weighted by Crippen LogP contribution is 2.27. The first-order chi connectivity index (χ1) is 35.6. The van der Waals surface area contributed by atoms with Crippen LogP contribution in [-0.4, -0.2) is 108 Å². The number of halogens is 2. The zero-order valence-corrected chi connectivity index (χ0v) is 44.5. The first kappa shape index (κ1) is 58.8. The predicted molar refractivity (Wildman–Crippen MR) is 280 cm³/mol. The SMILES string of the molecule is Cc1ccc2ncc(=O)n(CCN3CCC(N(Cc4ccc(C)c(F)c4)C(=O)OC(C)(C)C)CC3C)c2c1.Cc1ccc2ncc(=O)n(CCN3CCC(NCc4ccc(C)c(F)c4)CC3C)c2c1.O=C=O.O=C=O. The van der Waals surface area contributed by atoms with Gasteiger partial charge in [-0.25, -0.2) is 23.5 Å². The van der Waals surface area contributed by atoms with Crippen LogP contribution in [0.1, 0.15) is 93.7 Å². The second kappa shape index (κ2) is 27.5. The van der Waals surface area contributed by atoms with E-state index in [0.717, 1.165) is 96.2 Å². The highest BCUT2D eigenvalue weighted by Gasteiger charge is 2.34. The lowest BCUT2D eigenvalue weighted by atomic mass is 9.96. The molecule has 0 bridgehead atoms. The van der Waals surface area contributed by atoms with Gasteiger partial charge in [-0.1, -0.05) is 36.4 Å². The molecule has 18 heteroatoms. The molecule has 4 unspecified atom stereocenters. The third-order valence-electron chi connectivity index (χ3n) is 13.7. The Bertz CT molecular complexity index is 3080. The van der Waals surface area contributed by atoms with Gasteiger partial charge in [0.1, 0.15) is 17.2 Å². The number of aromatic nitrogens is 4. The molecule has 400 valence electrons. The Morgan fingerprint density at radius 3 is 1.61 bits per heavy atom. The predicted octanol–water partition coefficient (Wildman–Crippen LogP) is 8.07. The standard InChI is InChI=1S/C30H39FN4O3.C25H31FN4O.2CO2/c1-20-7-10-26-27(15-20)34(28(36)18-32-26)14-13-33-12-11-24(16-22(33)3)35(29(37)38-30(4,5)6)19-23-9-8-21(2)25(31)17-23;1-17-4-7-23-24(12-17)30(25(31)16-28-23)11-10-29-9-8-21(13-19(29)3)27-15-20-6-5-18(2)22(26)14-20;2*2-1-3/h7-10,15,17-18,22,24H,11-14,16,19H2,1-6H3;4-7,12,14,16,19,21,27H,8-11,13,15H2,1-3H3;;. The van der Waals surface area contributed by atoms with Gasteiger partial charge >= 0.3 is 18.4 Å². The maximum absolute atomic E-state index is 14.3. The second-order valence-electron chi connectivity index (χ2n) is 20.5. The number of fused-ring (bicyclic) bond motifs is 2. The Hall–Kier alpha value is -7.07. The van der Waals surface area contributed by atoms with Crippen LogP contribution >= 0.6 is 0 Å². The van der Waals surface area contributed by atoms with Gasteiger partial charge in [0.05, 0.1) is 34.5 Å². The Morgan fingerprint density at radius 1 is 0.680 bits per heavy atom. The molecule has 2 fully saturated rings. The van der Waals surface area contributed by atoms with E-state index in [4.69, 9.17) is 23.9 Å². The number of benzene rings is 4. The number of amides is 1. The maximum atomic E-state index is 14.3. The molecule has 2 saturated heterocycles. The lowest BCUT2D eigenvalue weighted by Crippen LogP contribution is -2.52. The highest BCUT2D eigenvalue weighted by molar-refractivity contribution is 5.76. The molecular weight excluding hydrogens is 963 g/mol. The number of carbonyl (C=O) groups excluding carboxylic acids is 5. The monoisotopic (exact) mass is 1030 g/mol. The van der Waals surface area contributed by atoms with Crippen molar-refractivity contribution in [2.75, 3.05) is 26.2 Å².